The van der Waals surface area contributed by atoms with Gasteiger partial charge < -0.3 is 0 Å². The SMILES string of the molecule is CSNC1C=CC=C(c2ccc(C(C)C)s2)C1. The molecule has 92 valence electrons. The van der Waals surface area contributed by atoms with E-state index in [1.165, 1.54) is 15.3 Å². The third-order valence-corrected chi connectivity index (χ3v) is 4.86. The van der Waals surface area contributed by atoms with E-state index in [1.54, 1.807) is 11.9 Å². The van der Waals surface area contributed by atoms with E-state index in [0.717, 1.165) is 6.42 Å². The highest BCUT2D eigenvalue weighted by atomic mass is 32.2. The number of allylic oxidation sites excluding steroid dienone is 2. The molecule has 1 aliphatic rings. The molecule has 1 aliphatic carbocycles. The second kappa shape index (κ2) is 5.89. The molecule has 3 heteroatoms. The van der Waals surface area contributed by atoms with Gasteiger partial charge in [0.05, 0.1) is 0 Å². The molecule has 0 saturated carbocycles. The van der Waals surface area contributed by atoms with Crippen LogP contribution in [0.3, 0.4) is 0 Å². The van der Waals surface area contributed by atoms with Crippen molar-refractivity contribution in [1.82, 2.24) is 4.72 Å². The maximum absolute atomic E-state index is 3.41. The van der Waals surface area contributed by atoms with Crippen molar-refractivity contribution in [2.24, 2.45) is 0 Å². The molecular weight excluding hydrogens is 246 g/mol. The third kappa shape index (κ3) is 3.24. The molecule has 1 aromatic rings. The van der Waals surface area contributed by atoms with Crippen molar-refractivity contribution < 1.29 is 0 Å². The fraction of sp³-hybridized carbons (Fsp3) is 0.429. The van der Waals surface area contributed by atoms with E-state index in [0.29, 0.717) is 12.0 Å². The maximum atomic E-state index is 3.41. The zero-order valence-corrected chi connectivity index (χ0v) is 12.2. The van der Waals surface area contributed by atoms with Gasteiger partial charge in [0, 0.05) is 15.8 Å². The van der Waals surface area contributed by atoms with Gasteiger partial charge in [-0.25, -0.2) is 0 Å². The minimum atomic E-state index is 0.467. The Hall–Kier alpha value is -0.510. The molecule has 1 aromatic heterocycles. The Morgan fingerprint density at radius 1 is 1.41 bits per heavy atom. The predicted octanol–water partition coefficient (Wildman–Crippen LogP) is 4.45. The molecule has 0 spiro atoms. The van der Waals surface area contributed by atoms with Crippen molar-refractivity contribution in [3.8, 4) is 0 Å². The summed E-state index contributed by atoms with van der Waals surface area (Å²) in [4.78, 5) is 2.90. The molecule has 17 heavy (non-hydrogen) atoms. The highest BCUT2D eigenvalue weighted by molar-refractivity contribution is 7.96. The summed E-state index contributed by atoms with van der Waals surface area (Å²) >= 11 is 3.62. The van der Waals surface area contributed by atoms with Crippen LogP contribution in [-0.4, -0.2) is 12.3 Å². The fourth-order valence-electron chi connectivity index (χ4n) is 1.93. The van der Waals surface area contributed by atoms with E-state index in [4.69, 9.17) is 0 Å². The smallest absolute Gasteiger partial charge is 0.0395 e. The lowest BCUT2D eigenvalue weighted by molar-refractivity contribution is 0.782. The number of rotatable bonds is 4. The Morgan fingerprint density at radius 2 is 2.24 bits per heavy atom. The van der Waals surface area contributed by atoms with Gasteiger partial charge in [-0.1, -0.05) is 44.0 Å². The van der Waals surface area contributed by atoms with Crippen LogP contribution in [0.1, 0.15) is 35.9 Å². The average molecular weight is 265 g/mol. The van der Waals surface area contributed by atoms with Gasteiger partial charge in [0.15, 0.2) is 0 Å². The highest BCUT2D eigenvalue weighted by Gasteiger charge is 2.14. The Morgan fingerprint density at radius 3 is 2.88 bits per heavy atom. The molecular formula is C14H19NS2. The lowest BCUT2D eigenvalue weighted by Crippen LogP contribution is -2.21. The van der Waals surface area contributed by atoms with E-state index < -0.39 is 0 Å². The van der Waals surface area contributed by atoms with Crippen LogP contribution in [0, 0.1) is 0 Å². The molecule has 0 fully saturated rings. The standard InChI is InChI=1S/C14H19NS2/c1-10(2)13-7-8-14(17-13)11-5-4-6-12(9-11)15-16-3/h4-8,10,12,15H,9H2,1-3H3. The molecule has 0 aromatic carbocycles. The van der Waals surface area contributed by atoms with Crippen molar-refractivity contribution in [2.45, 2.75) is 32.2 Å². The molecule has 0 amide bonds. The molecule has 0 aliphatic heterocycles. The molecule has 1 unspecified atom stereocenters. The summed E-state index contributed by atoms with van der Waals surface area (Å²) in [6.45, 7) is 4.51. The fourth-order valence-corrected chi connectivity index (χ4v) is 3.44. The molecule has 0 bridgehead atoms. The van der Waals surface area contributed by atoms with Crippen LogP contribution >= 0.6 is 23.3 Å². The topological polar surface area (TPSA) is 12.0 Å². The van der Waals surface area contributed by atoms with Crippen molar-refractivity contribution in [3.05, 3.63) is 40.1 Å². The minimum Gasteiger partial charge on any atom is -0.257 e. The molecule has 0 saturated heterocycles. The minimum absolute atomic E-state index is 0.467. The molecule has 1 heterocycles. The quantitative estimate of drug-likeness (QED) is 0.807. The Labute approximate surface area is 112 Å². The van der Waals surface area contributed by atoms with E-state index in [2.05, 4.69) is 55.2 Å². The summed E-state index contributed by atoms with van der Waals surface area (Å²) in [6, 6.07) is 5.00. The summed E-state index contributed by atoms with van der Waals surface area (Å²) in [5.74, 6) is 0.633. The average Bonchev–Trinajstić information content (AvgIpc) is 2.79. The number of nitrogens with one attached hydrogen (secondary N) is 1. The summed E-state index contributed by atoms with van der Waals surface area (Å²) in [5, 5.41) is 0. The second-order valence-electron chi connectivity index (χ2n) is 4.57. The van der Waals surface area contributed by atoms with E-state index in [-0.39, 0.29) is 0 Å². The molecule has 2 rings (SSSR count). The largest absolute Gasteiger partial charge is 0.257 e. The van der Waals surface area contributed by atoms with Crippen LogP contribution in [0.5, 0.6) is 0 Å². The maximum Gasteiger partial charge on any atom is 0.0395 e. The van der Waals surface area contributed by atoms with Crippen molar-refractivity contribution >= 4 is 28.9 Å². The van der Waals surface area contributed by atoms with Gasteiger partial charge >= 0.3 is 0 Å². The van der Waals surface area contributed by atoms with Gasteiger partial charge in [-0.05, 0) is 36.3 Å². The lowest BCUT2D eigenvalue weighted by atomic mass is 10.00. The lowest BCUT2D eigenvalue weighted by Gasteiger charge is -2.17. The van der Waals surface area contributed by atoms with Crippen molar-refractivity contribution in [1.29, 1.82) is 0 Å². The third-order valence-electron chi connectivity index (χ3n) is 2.86. The summed E-state index contributed by atoms with van der Waals surface area (Å²) in [5.41, 5.74) is 1.45. The van der Waals surface area contributed by atoms with Crippen LogP contribution < -0.4 is 4.72 Å². The van der Waals surface area contributed by atoms with Gasteiger partial charge in [-0.3, -0.25) is 4.72 Å². The first kappa shape index (κ1) is 12.9. The molecule has 0 radical (unpaired) electrons. The van der Waals surface area contributed by atoms with Crippen LogP contribution in [0.2, 0.25) is 0 Å². The van der Waals surface area contributed by atoms with Crippen LogP contribution in [0.4, 0.5) is 0 Å². The van der Waals surface area contributed by atoms with Gasteiger partial charge in [0.25, 0.3) is 0 Å². The molecule has 1 atom stereocenters. The Balaban J connectivity index is 2.11. The van der Waals surface area contributed by atoms with Crippen molar-refractivity contribution in [2.75, 3.05) is 6.26 Å². The number of hydrogen-bond acceptors (Lipinski definition) is 3. The van der Waals surface area contributed by atoms with E-state index in [1.807, 2.05) is 11.3 Å². The van der Waals surface area contributed by atoms with Gasteiger partial charge in [-0.15, -0.1) is 11.3 Å². The summed E-state index contributed by atoms with van der Waals surface area (Å²) in [6.07, 6.45) is 9.82. The Kier molecular flexibility index (Phi) is 4.48. The van der Waals surface area contributed by atoms with Crippen LogP contribution in [-0.2, 0) is 0 Å². The number of thiophene rings is 1. The Bertz CT molecular complexity index is 429. The second-order valence-corrected chi connectivity index (χ2v) is 6.33. The predicted molar refractivity (Wildman–Crippen MR) is 80.6 cm³/mol. The first-order valence-electron chi connectivity index (χ1n) is 5.96. The van der Waals surface area contributed by atoms with Crippen LogP contribution in [0.25, 0.3) is 5.57 Å². The molecule has 1 nitrogen and oxygen atoms in total. The van der Waals surface area contributed by atoms with E-state index in [9.17, 15) is 0 Å². The van der Waals surface area contributed by atoms with Gasteiger partial charge in [0.1, 0.15) is 0 Å². The summed E-state index contributed by atoms with van der Waals surface area (Å²) in [7, 11) is 0. The normalized spacial score (nSPS) is 19.8. The van der Waals surface area contributed by atoms with Gasteiger partial charge in [-0.2, -0.15) is 0 Å². The first-order chi connectivity index (χ1) is 8.20. The highest BCUT2D eigenvalue weighted by Crippen LogP contribution is 2.32. The monoisotopic (exact) mass is 265 g/mol. The zero-order chi connectivity index (χ0) is 12.3. The summed E-state index contributed by atoms with van der Waals surface area (Å²) < 4.78 is 3.41. The molecule has 1 N–H and O–H groups in total. The van der Waals surface area contributed by atoms with Crippen molar-refractivity contribution in [3.63, 3.8) is 0 Å². The number of hydrogen-bond donors (Lipinski definition) is 1. The first-order valence-corrected chi connectivity index (χ1v) is 8.01. The van der Waals surface area contributed by atoms with E-state index >= 15 is 0 Å². The van der Waals surface area contributed by atoms with Gasteiger partial charge in [0.2, 0.25) is 0 Å². The van der Waals surface area contributed by atoms with Crippen LogP contribution in [0.15, 0.2) is 30.4 Å². The zero-order valence-electron chi connectivity index (χ0n) is 10.6.